The predicted molar refractivity (Wildman–Crippen MR) is 125 cm³/mol. The van der Waals surface area contributed by atoms with Gasteiger partial charge in [0.25, 0.3) is 5.91 Å². The first-order chi connectivity index (χ1) is 16.9. The van der Waals surface area contributed by atoms with E-state index in [2.05, 4.69) is 16.0 Å². The van der Waals surface area contributed by atoms with E-state index in [1.54, 1.807) is 46.2 Å². The fourth-order valence-corrected chi connectivity index (χ4v) is 5.70. The third-order valence-corrected chi connectivity index (χ3v) is 7.29. The number of carbonyl (C=O) groups excluding carboxylic acids is 2. The Bertz CT molecular complexity index is 1240. The summed E-state index contributed by atoms with van der Waals surface area (Å²) in [4.78, 5) is 28.9. The molecule has 4 aliphatic rings. The van der Waals surface area contributed by atoms with E-state index in [4.69, 9.17) is 15.6 Å². The van der Waals surface area contributed by atoms with Crippen LogP contribution in [0.1, 0.15) is 26.3 Å². The average Bonchev–Trinajstić information content (AvgIpc) is 3.47. The number of amides is 1. The molecule has 0 saturated carbocycles. The van der Waals surface area contributed by atoms with E-state index in [-0.39, 0.29) is 30.9 Å². The Morgan fingerprint density at radius 1 is 1.11 bits per heavy atom. The van der Waals surface area contributed by atoms with Crippen LogP contribution in [0, 0.1) is 10.8 Å². The Hall–Kier alpha value is -4.12. The van der Waals surface area contributed by atoms with E-state index >= 15 is 0 Å². The van der Waals surface area contributed by atoms with Crippen molar-refractivity contribution in [1.82, 2.24) is 25.8 Å². The van der Waals surface area contributed by atoms with E-state index < -0.39 is 35.9 Å². The number of guanidine groups is 2. The van der Waals surface area contributed by atoms with Crippen molar-refractivity contribution in [3.8, 4) is 0 Å². The van der Waals surface area contributed by atoms with Crippen LogP contribution in [0.2, 0.25) is 0 Å². The SMILES string of the molecule is N=C1NC2[C@H](CN3Cc4ccccc4C3=O)NC(=N)N3C[C@H](OC(=O)c4ccccc4)[C@@H](O)C23N1. The highest BCUT2D eigenvalue weighted by atomic mass is 16.6. The Kier molecular flexibility index (Phi) is 4.71. The van der Waals surface area contributed by atoms with Crippen molar-refractivity contribution in [2.45, 2.75) is 36.5 Å². The number of rotatable bonds is 4. The maximum atomic E-state index is 13.0. The Labute approximate surface area is 201 Å². The van der Waals surface area contributed by atoms with Gasteiger partial charge in [-0.2, -0.15) is 0 Å². The Morgan fingerprint density at radius 2 is 1.86 bits per heavy atom. The fourth-order valence-electron chi connectivity index (χ4n) is 5.70. The first-order valence-electron chi connectivity index (χ1n) is 11.5. The highest BCUT2D eigenvalue weighted by molar-refractivity contribution is 5.98. The molecule has 1 spiro atoms. The summed E-state index contributed by atoms with van der Waals surface area (Å²) in [5.41, 5.74) is 0.691. The number of hydrogen-bond donors (Lipinski definition) is 6. The van der Waals surface area contributed by atoms with Crippen LogP contribution in [0.5, 0.6) is 0 Å². The summed E-state index contributed by atoms with van der Waals surface area (Å²) in [5, 5.41) is 37.6. The molecule has 6 N–H and O–H groups in total. The standard InChI is InChI=1S/C24H25N7O4/c25-22-28-18-16(11-30-10-14-8-4-5-9-15(14)20(30)33)27-23(26)31-12-17(19(32)24(18,31)29-22)35-21(34)13-6-2-1-3-7-13/h1-9,16-19,32H,10-12H2,(H2,26,27)(H3,25,28,29)/t16-,17-,18?,19+,24?/m0/s1. The number of aliphatic hydroxyl groups excluding tert-OH is 1. The molecule has 0 aromatic heterocycles. The number of nitrogens with zero attached hydrogens (tertiary/aromatic N) is 2. The van der Waals surface area contributed by atoms with Crippen molar-refractivity contribution >= 4 is 23.8 Å². The van der Waals surface area contributed by atoms with Crippen molar-refractivity contribution in [1.29, 1.82) is 10.8 Å². The predicted octanol–water partition coefficient (Wildman–Crippen LogP) is -0.356. The Balaban J connectivity index is 1.26. The largest absolute Gasteiger partial charge is 0.454 e. The van der Waals surface area contributed by atoms with Gasteiger partial charge in [-0.25, -0.2) is 4.79 Å². The summed E-state index contributed by atoms with van der Waals surface area (Å²) in [6, 6.07) is 14.9. The first kappa shape index (κ1) is 21.4. The van der Waals surface area contributed by atoms with Crippen molar-refractivity contribution in [2.75, 3.05) is 13.1 Å². The number of ether oxygens (including phenoxy) is 1. The maximum Gasteiger partial charge on any atom is 0.338 e. The zero-order valence-corrected chi connectivity index (χ0v) is 18.7. The molecular weight excluding hydrogens is 450 g/mol. The lowest BCUT2D eigenvalue weighted by atomic mass is 9.87. The second-order valence-corrected chi connectivity index (χ2v) is 9.25. The van der Waals surface area contributed by atoms with Crippen LogP contribution in [0.4, 0.5) is 0 Å². The molecule has 4 heterocycles. The summed E-state index contributed by atoms with van der Waals surface area (Å²) in [7, 11) is 0. The summed E-state index contributed by atoms with van der Waals surface area (Å²) in [6.45, 7) is 0.791. The van der Waals surface area contributed by atoms with Crippen molar-refractivity contribution in [3.63, 3.8) is 0 Å². The van der Waals surface area contributed by atoms with Crippen molar-refractivity contribution in [2.24, 2.45) is 0 Å². The Morgan fingerprint density at radius 3 is 2.63 bits per heavy atom. The topological polar surface area (TPSA) is 154 Å². The van der Waals surface area contributed by atoms with Gasteiger partial charge in [-0.1, -0.05) is 36.4 Å². The van der Waals surface area contributed by atoms with Gasteiger partial charge in [0.15, 0.2) is 17.6 Å². The van der Waals surface area contributed by atoms with Gasteiger partial charge in [0.05, 0.1) is 24.2 Å². The lowest BCUT2D eigenvalue weighted by molar-refractivity contribution is -0.0386. The number of fused-ring (bicyclic) bond motifs is 1. The second kappa shape index (κ2) is 7.70. The van der Waals surface area contributed by atoms with Gasteiger partial charge in [-0.3, -0.25) is 15.6 Å². The third-order valence-electron chi connectivity index (χ3n) is 7.29. The minimum absolute atomic E-state index is 0.00776. The highest BCUT2D eigenvalue weighted by Crippen LogP contribution is 2.39. The van der Waals surface area contributed by atoms with E-state index in [0.717, 1.165) is 5.56 Å². The number of esters is 1. The molecule has 6 rings (SSSR count). The normalized spacial score (nSPS) is 30.7. The van der Waals surface area contributed by atoms with Gasteiger partial charge < -0.3 is 35.6 Å². The summed E-state index contributed by atoms with van der Waals surface area (Å²) < 4.78 is 5.66. The van der Waals surface area contributed by atoms with Crippen LogP contribution in [-0.4, -0.2) is 81.7 Å². The maximum absolute atomic E-state index is 13.0. The van der Waals surface area contributed by atoms with Gasteiger partial charge >= 0.3 is 5.97 Å². The summed E-state index contributed by atoms with van der Waals surface area (Å²) >= 11 is 0. The molecule has 0 radical (unpaired) electrons. The zero-order valence-electron chi connectivity index (χ0n) is 18.7. The first-order valence-corrected chi connectivity index (χ1v) is 11.5. The molecule has 3 saturated heterocycles. The van der Waals surface area contributed by atoms with Crippen LogP contribution >= 0.6 is 0 Å². The minimum Gasteiger partial charge on any atom is -0.454 e. The van der Waals surface area contributed by atoms with Crippen molar-refractivity contribution < 1.29 is 19.4 Å². The number of hydrogen-bond acceptors (Lipinski definition) is 6. The minimum atomic E-state index is -1.28. The molecule has 180 valence electrons. The van der Waals surface area contributed by atoms with Crippen LogP contribution in [0.25, 0.3) is 0 Å². The van der Waals surface area contributed by atoms with E-state index in [9.17, 15) is 14.7 Å². The summed E-state index contributed by atoms with van der Waals surface area (Å²) in [6.07, 6.45) is -2.16. The molecule has 3 fully saturated rings. The van der Waals surface area contributed by atoms with Crippen molar-refractivity contribution in [3.05, 3.63) is 71.3 Å². The monoisotopic (exact) mass is 475 g/mol. The van der Waals surface area contributed by atoms with Gasteiger partial charge in [0.1, 0.15) is 12.2 Å². The number of nitrogens with one attached hydrogen (secondary N) is 5. The van der Waals surface area contributed by atoms with E-state index in [1.165, 1.54) is 0 Å². The van der Waals surface area contributed by atoms with Gasteiger partial charge in [0, 0.05) is 18.7 Å². The van der Waals surface area contributed by atoms with Crippen LogP contribution in [0.3, 0.4) is 0 Å². The molecular formula is C24H25N7O4. The smallest absolute Gasteiger partial charge is 0.338 e. The van der Waals surface area contributed by atoms with Crippen LogP contribution in [0.15, 0.2) is 54.6 Å². The zero-order chi connectivity index (χ0) is 24.3. The highest BCUT2D eigenvalue weighted by Gasteiger charge is 2.67. The molecule has 11 heteroatoms. The second-order valence-electron chi connectivity index (χ2n) is 9.25. The van der Waals surface area contributed by atoms with E-state index in [1.807, 2.05) is 18.2 Å². The fraction of sp³-hybridized carbons (Fsp3) is 0.333. The molecule has 2 aromatic carbocycles. The number of benzene rings is 2. The average molecular weight is 476 g/mol. The third kappa shape index (κ3) is 3.15. The molecule has 35 heavy (non-hydrogen) atoms. The van der Waals surface area contributed by atoms with Gasteiger partial charge in [-0.05, 0) is 23.8 Å². The molecule has 0 aliphatic carbocycles. The number of aliphatic hydroxyl groups is 1. The molecule has 1 amide bonds. The number of carbonyl (C=O) groups is 2. The van der Waals surface area contributed by atoms with Crippen LogP contribution in [-0.2, 0) is 11.3 Å². The van der Waals surface area contributed by atoms with Gasteiger partial charge in [0.2, 0.25) is 0 Å². The molecule has 11 nitrogen and oxygen atoms in total. The molecule has 2 aromatic rings. The molecule has 4 aliphatic heterocycles. The summed E-state index contributed by atoms with van der Waals surface area (Å²) in [5.74, 6) is -0.642. The molecule has 0 bridgehead atoms. The quantitative estimate of drug-likeness (QED) is 0.328. The van der Waals surface area contributed by atoms with E-state index in [0.29, 0.717) is 17.7 Å². The van der Waals surface area contributed by atoms with Crippen LogP contribution < -0.4 is 16.0 Å². The molecule has 2 unspecified atom stereocenters. The lowest BCUT2D eigenvalue weighted by Crippen LogP contribution is -2.77. The lowest BCUT2D eigenvalue weighted by Gasteiger charge is -2.49. The molecule has 5 atom stereocenters. The van der Waals surface area contributed by atoms with Gasteiger partial charge in [-0.15, -0.1) is 0 Å².